The second-order valence-electron chi connectivity index (χ2n) is 6.32. The van der Waals surface area contributed by atoms with Crippen LogP contribution in [-0.2, 0) is 6.54 Å². The Morgan fingerprint density at radius 3 is 2.64 bits per heavy atom. The summed E-state index contributed by atoms with van der Waals surface area (Å²) in [6.07, 6.45) is 1.98. The molecule has 0 saturated heterocycles. The summed E-state index contributed by atoms with van der Waals surface area (Å²) in [7, 11) is 0. The zero-order valence-electron chi connectivity index (χ0n) is 14.8. The highest BCUT2D eigenvalue weighted by Crippen LogP contribution is 2.34. The molecule has 2 aromatic heterocycles. The number of benzene rings is 2. The molecule has 128 valence electrons. The van der Waals surface area contributed by atoms with Gasteiger partial charge in [-0.3, -0.25) is 4.68 Å². The van der Waals surface area contributed by atoms with Crippen molar-refractivity contribution in [2.75, 3.05) is 19.6 Å². The van der Waals surface area contributed by atoms with Crippen LogP contribution in [0.2, 0.25) is 0 Å². The number of hydrogen-bond acceptors (Lipinski definition) is 3. The van der Waals surface area contributed by atoms with E-state index in [9.17, 15) is 0 Å². The average Bonchev–Trinajstić information content (AvgIpc) is 3.26. The molecule has 0 radical (unpaired) electrons. The van der Waals surface area contributed by atoms with Crippen molar-refractivity contribution in [1.29, 1.82) is 0 Å². The van der Waals surface area contributed by atoms with Crippen LogP contribution in [0.1, 0.15) is 13.8 Å². The van der Waals surface area contributed by atoms with Gasteiger partial charge in [-0.1, -0.05) is 44.2 Å². The molecule has 0 spiro atoms. The normalized spacial score (nSPS) is 11.8. The molecule has 0 fully saturated rings. The Balaban J connectivity index is 1.68. The monoisotopic (exact) mass is 349 g/mol. The standard InChI is InChI=1S/C21H23N3S/c1-3-23(4-2)11-12-24-19-13-17(9-10-18(19)15-22-24)21-14-16-7-5-6-8-20(16)25-21/h5-10,13-15H,3-4,11-12H2,1-2H3. The first-order valence-corrected chi connectivity index (χ1v) is 9.77. The van der Waals surface area contributed by atoms with Crippen LogP contribution in [0.3, 0.4) is 0 Å². The second-order valence-corrected chi connectivity index (χ2v) is 7.40. The van der Waals surface area contributed by atoms with Gasteiger partial charge in [-0.25, -0.2) is 0 Å². The van der Waals surface area contributed by atoms with Crippen molar-refractivity contribution in [2.45, 2.75) is 20.4 Å². The van der Waals surface area contributed by atoms with Gasteiger partial charge >= 0.3 is 0 Å². The Morgan fingerprint density at radius 1 is 1.00 bits per heavy atom. The van der Waals surface area contributed by atoms with Crippen molar-refractivity contribution in [1.82, 2.24) is 14.7 Å². The zero-order chi connectivity index (χ0) is 17.2. The maximum absolute atomic E-state index is 4.61. The van der Waals surface area contributed by atoms with E-state index >= 15 is 0 Å². The Bertz CT molecular complexity index is 962. The number of rotatable bonds is 6. The van der Waals surface area contributed by atoms with Crippen LogP contribution in [0.25, 0.3) is 31.4 Å². The van der Waals surface area contributed by atoms with Crippen LogP contribution >= 0.6 is 11.3 Å². The van der Waals surface area contributed by atoms with Crippen LogP contribution in [0.15, 0.2) is 54.7 Å². The minimum Gasteiger partial charge on any atom is -0.302 e. The van der Waals surface area contributed by atoms with Gasteiger partial charge in [-0.2, -0.15) is 5.10 Å². The summed E-state index contributed by atoms with van der Waals surface area (Å²) in [6.45, 7) is 8.57. The van der Waals surface area contributed by atoms with Gasteiger partial charge in [0.2, 0.25) is 0 Å². The van der Waals surface area contributed by atoms with Gasteiger partial charge in [-0.15, -0.1) is 11.3 Å². The van der Waals surface area contributed by atoms with Gasteiger partial charge in [0.15, 0.2) is 0 Å². The minimum atomic E-state index is 0.932. The fourth-order valence-corrected chi connectivity index (χ4v) is 4.36. The number of fused-ring (bicyclic) bond motifs is 2. The van der Waals surface area contributed by atoms with E-state index in [4.69, 9.17) is 0 Å². The predicted octanol–water partition coefficient (Wildman–Crippen LogP) is 5.26. The SMILES string of the molecule is CCN(CC)CCn1ncc2ccc(-c3cc4ccccc4s3)cc21. The molecule has 0 N–H and O–H groups in total. The Hall–Kier alpha value is -2.17. The van der Waals surface area contributed by atoms with E-state index in [1.54, 1.807) is 0 Å². The third kappa shape index (κ3) is 3.20. The van der Waals surface area contributed by atoms with Crippen molar-refractivity contribution in [2.24, 2.45) is 0 Å². The van der Waals surface area contributed by atoms with Crippen LogP contribution < -0.4 is 0 Å². The zero-order valence-corrected chi connectivity index (χ0v) is 15.6. The largest absolute Gasteiger partial charge is 0.302 e. The summed E-state index contributed by atoms with van der Waals surface area (Å²) in [5, 5.41) is 7.14. The smallest absolute Gasteiger partial charge is 0.0689 e. The fourth-order valence-electron chi connectivity index (χ4n) is 3.30. The number of nitrogens with zero attached hydrogens (tertiary/aromatic N) is 3. The van der Waals surface area contributed by atoms with Gasteiger partial charge in [0.1, 0.15) is 0 Å². The lowest BCUT2D eigenvalue weighted by Crippen LogP contribution is -2.27. The Morgan fingerprint density at radius 2 is 1.84 bits per heavy atom. The summed E-state index contributed by atoms with van der Waals surface area (Å²) in [6, 6.07) is 17.6. The highest BCUT2D eigenvalue weighted by atomic mass is 32.1. The molecule has 0 bridgehead atoms. The molecule has 0 amide bonds. The predicted molar refractivity (Wildman–Crippen MR) is 108 cm³/mol. The second kappa shape index (κ2) is 6.98. The molecule has 25 heavy (non-hydrogen) atoms. The number of thiophene rings is 1. The lowest BCUT2D eigenvalue weighted by atomic mass is 10.1. The van der Waals surface area contributed by atoms with Crippen molar-refractivity contribution in [3.05, 3.63) is 54.7 Å². The van der Waals surface area contributed by atoms with E-state index in [1.807, 2.05) is 17.5 Å². The molecule has 4 aromatic rings. The minimum absolute atomic E-state index is 0.932. The summed E-state index contributed by atoms with van der Waals surface area (Å²) in [4.78, 5) is 3.75. The summed E-state index contributed by atoms with van der Waals surface area (Å²) < 4.78 is 3.48. The lowest BCUT2D eigenvalue weighted by Gasteiger charge is -2.17. The van der Waals surface area contributed by atoms with E-state index in [1.165, 1.54) is 31.4 Å². The topological polar surface area (TPSA) is 21.1 Å². The van der Waals surface area contributed by atoms with E-state index < -0.39 is 0 Å². The van der Waals surface area contributed by atoms with Crippen molar-refractivity contribution in [3.63, 3.8) is 0 Å². The highest BCUT2D eigenvalue weighted by molar-refractivity contribution is 7.22. The van der Waals surface area contributed by atoms with Crippen LogP contribution in [0, 0.1) is 0 Å². The number of aromatic nitrogens is 2. The van der Waals surface area contributed by atoms with Crippen LogP contribution in [-0.4, -0.2) is 34.3 Å². The van der Waals surface area contributed by atoms with Gasteiger partial charge in [0, 0.05) is 21.5 Å². The lowest BCUT2D eigenvalue weighted by molar-refractivity contribution is 0.287. The number of hydrogen-bond donors (Lipinski definition) is 0. The molecule has 0 aliphatic heterocycles. The van der Waals surface area contributed by atoms with Crippen LogP contribution in [0.4, 0.5) is 0 Å². The maximum atomic E-state index is 4.61. The quantitative estimate of drug-likeness (QED) is 0.473. The molecule has 4 rings (SSSR count). The van der Waals surface area contributed by atoms with Gasteiger partial charge in [-0.05, 0) is 42.2 Å². The molecule has 0 aliphatic rings. The van der Waals surface area contributed by atoms with Gasteiger partial charge in [0.05, 0.1) is 18.3 Å². The molecule has 2 heterocycles. The van der Waals surface area contributed by atoms with Gasteiger partial charge < -0.3 is 4.90 Å². The van der Waals surface area contributed by atoms with Crippen molar-refractivity contribution in [3.8, 4) is 10.4 Å². The van der Waals surface area contributed by atoms with Gasteiger partial charge in [0.25, 0.3) is 0 Å². The maximum Gasteiger partial charge on any atom is 0.0689 e. The Kier molecular flexibility index (Phi) is 4.55. The summed E-state index contributed by atoms with van der Waals surface area (Å²) in [5.74, 6) is 0. The first-order chi connectivity index (χ1) is 12.3. The molecule has 3 nitrogen and oxygen atoms in total. The molecule has 0 saturated carbocycles. The van der Waals surface area contributed by atoms with E-state index in [-0.39, 0.29) is 0 Å². The average molecular weight is 350 g/mol. The Labute approximate surface area is 152 Å². The molecule has 0 atom stereocenters. The fraction of sp³-hybridized carbons (Fsp3) is 0.286. The molecular weight excluding hydrogens is 326 g/mol. The first-order valence-electron chi connectivity index (χ1n) is 8.95. The van der Waals surface area contributed by atoms with E-state index in [0.717, 1.165) is 26.2 Å². The van der Waals surface area contributed by atoms with Crippen molar-refractivity contribution >= 4 is 32.3 Å². The number of likely N-dealkylation sites (N-methyl/N-ethyl adjacent to an activating group) is 1. The highest BCUT2D eigenvalue weighted by Gasteiger charge is 2.09. The molecule has 2 aromatic carbocycles. The first kappa shape index (κ1) is 16.3. The molecule has 0 aliphatic carbocycles. The molecule has 0 unspecified atom stereocenters. The van der Waals surface area contributed by atoms with E-state index in [0.29, 0.717) is 0 Å². The summed E-state index contributed by atoms with van der Waals surface area (Å²) in [5.41, 5.74) is 2.50. The third-order valence-electron chi connectivity index (χ3n) is 4.88. The molecule has 4 heteroatoms. The molecular formula is C21H23N3S. The van der Waals surface area contributed by atoms with E-state index in [2.05, 4.69) is 77.1 Å². The summed E-state index contributed by atoms with van der Waals surface area (Å²) >= 11 is 1.85. The third-order valence-corrected chi connectivity index (χ3v) is 6.04. The van der Waals surface area contributed by atoms with Crippen LogP contribution in [0.5, 0.6) is 0 Å². The van der Waals surface area contributed by atoms with Crippen molar-refractivity contribution < 1.29 is 0 Å².